The third-order valence-electron chi connectivity index (χ3n) is 3.27. The molecule has 0 bridgehead atoms. The minimum Gasteiger partial charge on any atom is -0.496 e. The molecule has 1 fully saturated rings. The Morgan fingerprint density at radius 2 is 1.94 bits per heavy atom. The van der Waals surface area contributed by atoms with Crippen molar-refractivity contribution in [3.63, 3.8) is 0 Å². The monoisotopic (exact) mass is 298 g/mol. The van der Waals surface area contributed by atoms with Crippen molar-refractivity contribution in [1.29, 1.82) is 0 Å². The highest BCUT2D eigenvalue weighted by Crippen LogP contribution is 2.28. The standard InChI is InChI=1S/C13H19BrN2O/c1-15-6-8-16(9-7-15)10-11-12(14)4-3-5-13(11)17-2/h3-5H,6-10H2,1-2H3. The fourth-order valence-corrected chi connectivity index (χ4v) is 2.59. The lowest BCUT2D eigenvalue weighted by Gasteiger charge is -2.32. The molecule has 94 valence electrons. The lowest BCUT2D eigenvalue weighted by atomic mass is 10.1. The molecule has 0 radical (unpaired) electrons. The van der Waals surface area contributed by atoms with Crippen molar-refractivity contribution in [2.45, 2.75) is 6.54 Å². The Morgan fingerprint density at radius 1 is 1.24 bits per heavy atom. The minimum atomic E-state index is 0.957. The van der Waals surface area contributed by atoms with E-state index in [-0.39, 0.29) is 0 Å². The van der Waals surface area contributed by atoms with Crippen LogP contribution < -0.4 is 4.74 Å². The van der Waals surface area contributed by atoms with Crippen molar-refractivity contribution in [3.8, 4) is 5.75 Å². The number of piperazine rings is 1. The first-order valence-electron chi connectivity index (χ1n) is 5.93. The van der Waals surface area contributed by atoms with Crippen LogP contribution in [-0.2, 0) is 6.54 Å². The van der Waals surface area contributed by atoms with Crippen LogP contribution in [0.1, 0.15) is 5.56 Å². The van der Waals surface area contributed by atoms with Crippen molar-refractivity contribution in [2.24, 2.45) is 0 Å². The number of methoxy groups -OCH3 is 1. The van der Waals surface area contributed by atoms with Gasteiger partial charge in [0, 0.05) is 42.8 Å². The van der Waals surface area contributed by atoms with E-state index in [4.69, 9.17) is 4.74 Å². The number of nitrogens with zero attached hydrogens (tertiary/aromatic N) is 2. The van der Waals surface area contributed by atoms with Crippen LogP contribution in [-0.4, -0.2) is 50.1 Å². The topological polar surface area (TPSA) is 15.7 Å². The zero-order valence-corrected chi connectivity index (χ0v) is 12.0. The van der Waals surface area contributed by atoms with E-state index in [1.165, 1.54) is 5.56 Å². The largest absolute Gasteiger partial charge is 0.496 e. The third kappa shape index (κ3) is 3.21. The second-order valence-corrected chi connectivity index (χ2v) is 5.35. The van der Waals surface area contributed by atoms with E-state index in [0.29, 0.717) is 0 Å². The van der Waals surface area contributed by atoms with Gasteiger partial charge in [-0.3, -0.25) is 4.90 Å². The Hall–Kier alpha value is -0.580. The van der Waals surface area contributed by atoms with E-state index in [2.05, 4.69) is 38.8 Å². The van der Waals surface area contributed by atoms with E-state index in [1.54, 1.807) is 7.11 Å². The molecule has 0 amide bonds. The molecule has 17 heavy (non-hydrogen) atoms. The highest BCUT2D eigenvalue weighted by Gasteiger charge is 2.16. The van der Waals surface area contributed by atoms with Crippen LogP contribution in [0.2, 0.25) is 0 Å². The molecule has 0 saturated carbocycles. The van der Waals surface area contributed by atoms with Crippen LogP contribution in [0.5, 0.6) is 5.75 Å². The van der Waals surface area contributed by atoms with Crippen molar-refractivity contribution in [3.05, 3.63) is 28.2 Å². The van der Waals surface area contributed by atoms with Crippen LogP contribution in [0, 0.1) is 0 Å². The second-order valence-electron chi connectivity index (χ2n) is 4.50. The maximum Gasteiger partial charge on any atom is 0.124 e. The van der Waals surface area contributed by atoms with Crippen LogP contribution in [0.3, 0.4) is 0 Å². The van der Waals surface area contributed by atoms with E-state index in [0.717, 1.165) is 42.9 Å². The molecule has 2 rings (SSSR count). The Morgan fingerprint density at radius 3 is 2.59 bits per heavy atom. The Bertz CT molecular complexity index is 376. The van der Waals surface area contributed by atoms with Gasteiger partial charge < -0.3 is 9.64 Å². The molecule has 0 N–H and O–H groups in total. The number of likely N-dealkylation sites (N-methyl/N-ethyl adjacent to an activating group) is 1. The van der Waals surface area contributed by atoms with Crippen LogP contribution >= 0.6 is 15.9 Å². The normalized spacial score (nSPS) is 18.3. The van der Waals surface area contributed by atoms with Crippen molar-refractivity contribution < 1.29 is 4.74 Å². The molecule has 0 aliphatic carbocycles. The molecule has 1 aromatic carbocycles. The predicted octanol–water partition coefficient (Wildman–Crippen LogP) is 2.21. The van der Waals surface area contributed by atoms with Crippen LogP contribution in [0.15, 0.2) is 22.7 Å². The molecular weight excluding hydrogens is 280 g/mol. The van der Waals surface area contributed by atoms with Crippen molar-refractivity contribution >= 4 is 15.9 Å². The highest BCUT2D eigenvalue weighted by molar-refractivity contribution is 9.10. The molecule has 0 atom stereocenters. The van der Waals surface area contributed by atoms with E-state index >= 15 is 0 Å². The summed E-state index contributed by atoms with van der Waals surface area (Å²) in [5.41, 5.74) is 1.25. The van der Waals surface area contributed by atoms with E-state index in [1.807, 2.05) is 12.1 Å². The van der Waals surface area contributed by atoms with Gasteiger partial charge in [0.05, 0.1) is 7.11 Å². The number of hydrogen-bond donors (Lipinski definition) is 0. The van der Waals surface area contributed by atoms with Gasteiger partial charge in [0.2, 0.25) is 0 Å². The number of ether oxygens (including phenoxy) is 1. The maximum atomic E-state index is 5.42. The van der Waals surface area contributed by atoms with Gasteiger partial charge in [-0.25, -0.2) is 0 Å². The van der Waals surface area contributed by atoms with Gasteiger partial charge in [-0.2, -0.15) is 0 Å². The fourth-order valence-electron chi connectivity index (χ4n) is 2.11. The minimum absolute atomic E-state index is 0.957. The first-order valence-corrected chi connectivity index (χ1v) is 6.72. The average Bonchev–Trinajstić information content (AvgIpc) is 2.34. The lowest BCUT2D eigenvalue weighted by Crippen LogP contribution is -2.43. The predicted molar refractivity (Wildman–Crippen MR) is 73.5 cm³/mol. The summed E-state index contributed by atoms with van der Waals surface area (Å²) < 4.78 is 6.56. The molecule has 1 aliphatic rings. The summed E-state index contributed by atoms with van der Waals surface area (Å²) in [6, 6.07) is 6.11. The number of rotatable bonds is 3. The summed E-state index contributed by atoms with van der Waals surface area (Å²) in [5, 5.41) is 0. The molecule has 4 heteroatoms. The third-order valence-corrected chi connectivity index (χ3v) is 4.02. The van der Waals surface area contributed by atoms with Gasteiger partial charge >= 0.3 is 0 Å². The van der Waals surface area contributed by atoms with Gasteiger partial charge in [-0.05, 0) is 19.2 Å². The highest BCUT2D eigenvalue weighted by atomic mass is 79.9. The zero-order chi connectivity index (χ0) is 12.3. The molecule has 1 aliphatic heterocycles. The summed E-state index contributed by atoms with van der Waals surface area (Å²) in [7, 11) is 3.91. The average molecular weight is 299 g/mol. The molecule has 1 saturated heterocycles. The smallest absolute Gasteiger partial charge is 0.124 e. The molecule has 0 unspecified atom stereocenters. The summed E-state index contributed by atoms with van der Waals surface area (Å²) in [5.74, 6) is 0.971. The Labute approximate surface area is 111 Å². The van der Waals surface area contributed by atoms with Crippen molar-refractivity contribution in [1.82, 2.24) is 9.80 Å². The molecule has 0 aromatic heterocycles. The first kappa shape index (κ1) is 12.9. The van der Waals surface area contributed by atoms with Crippen LogP contribution in [0.4, 0.5) is 0 Å². The Kier molecular flexibility index (Phi) is 4.42. The molecule has 3 nitrogen and oxygen atoms in total. The zero-order valence-electron chi connectivity index (χ0n) is 10.4. The number of benzene rings is 1. The van der Waals surface area contributed by atoms with Crippen molar-refractivity contribution in [2.75, 3.05) is 40.3 Å². The van der Waals surface area contributed by atoms with Gasteiger partial charge in [0.1, 0.15) is 5.75 Å². The lowest BCUT2D eigenvalue weighted by molar-refractivity contribution is 0.147. The summed E-state index contributed by atoms with van der Waals surface area (Å²) in [6.45, 7) is 5.50. The van der Waals surface area contributed by atoms with Gasteiger partial charge in [-0.15, -0.1) is 0 Å². The second kappa shape index (κ2) is 5.85. The quantitative estimate of drug-likeness (QED) is 0.851. The molecule has 0 spiro atoms. The van der Waals surface area contributed by atoms with Gasteiger partial charge in [0.15, 0.2) is 0 Å². The van der Waals surface area contributed by atoms with Crippen LogP contribution in [0.25, 0.3) is 0 Å². The molecule has 1 aromatic rings. The van der Waals surface area contributed by atoms with E-state index < -0.39 is 0 Å². The summed E-state index contributed by atoms with van der Waals surface area (Å²) in [4.78, 5) is 4.84. The first-order chi connectivity index (χ1) is 8.20. The fraction of sp³-hybridized carbons (Fsp3) is 0.538. The van der Waals surface area contributed by atoms with Gasteiger partial charge in [-0.1, -0.05) is 22.0 Å². The molecule has 1 heterocycles. The SMILES string of the molecule is COc1cccc(Br)c1CN1CCN(C)CC1. The maximum absolute atomic E-state index is 5.42. The van der Waals surface area contributed by atoms with Gasteiger partial charge in [0.25, 0.3) is 0 Å². The molecular formula is C13H19BrN2O. The number of halogens is 1. The van der Waals surface area contributed by atoms with E-state index in [9.17, 15) is 0 Å². The Balaban J connectivity index is 2.07. The summed E-state index contributed by atoms with van der Waals surface area (Å²) >= 11 is 3.61. The number of hydrogen-bond acceptors (Lipinski definition) is 3. The summed E-state index contributed by atoms with van der Waals surface area (Å²) in [6.07, 6.45) is 0.